The quantitative estimate of drug-likeness (QED) is 0.263. The van der Waals surface area contributed by atoms with Crippen molar-refractivity contribution in [1.29, 1.82) is 0 Å². The molecule has 224 valence electrons. The van der Waals surface area contributed by atoms with E-state index < -0.39 is 40.6 Å². The molecule has 4 aromatic rings. The van der Waals surface area contributed by atoms with Gasteiger partial charge >= 0.3 is 6.09 Å². The summed E-state index contributed by atoms with van der Waals surface area (Å²) in [5.74, 6) is -2.38. The van der Waals surface area contributed by atoms with Crippen LogP contribution in [0, 0.1) is 24.5 Å². The van der Waals surface area contributed by atoms with Gasteiger partial charge < -0.3 is 15.0 Å². The van der Waals surface area contributed by atoms with Crippen LogP contribution in [0.25, 0.3) is 15.9 Å². The van der Waals surface area contributed by atoms with Crippen molar-refractivity contribution < 1.29 is 27.9 Å². The number of halogens is 2. The second-order valence-electron chi connectivity index (χ2n) is 11.5. The van der Waals surface area contributed by atoms with Crippen LogP contribution in [0.3, 0.4) is 0 Å². The number of hydrogen-bond donors (Lipinski definition) is 1. The first kappa shape index (κ1) is 30.1. The number of nitrogens with zero attached hydrogens (tertiary/aromatic N) is 2. The van der Waals surface area contributed by atoms with E-state index in [0.717, 1.165) is 11.3 Å². The molecule has 2 aromatic heterocycles. The summed E-state index contributed by atoms with van der Waals surface area (Å²) in [5.41, 5.74) is -0.552. The zero-order valence-electron chi connectivity index (χ0n) is 24.2. The summed E-state index contributed by atoms with van der Waals surface area (Å²) in [7, 11) is 0. The number of carbonyl (C=O) groups excluding carboxylic acids is 3. The van der Waals surface area contributed by atoms with E-state index in [4.69, 9.17) is 4.74 Å². The van der Waals surface area contributed by atoms with Gasteiger partial charge in [0.1, 0.15) is 27.1 Å². The molecule has 3 heterocycles. The number of para-hydroxylation sites is 1. The maximum absolute atomic E-state index is 14.9. The van der Waals surface area contributed by atoms with Crippen LogP contribution in [0.5, 0.6) is 0 Å². The Kier molecular flexibility index (Phi) is 8.20. The van der Waals surface area contributed by atoms with Crippen molar-refractivity contribution >= 4 is 44.3 Å². The molecular weight excluding hydrogens is 576 g/mol. The highest BCUT2D eigenvalue weighted by atomic mass is 32.1. The molecule has 11 heteroatoms. The van der Waals surface area contributed by atoms with E-state index in [9.17, 15) is 28.0 Å². The lowest BCUT2D eigenvalue weighted by Gasteiger charge is -2.32. The summed E-state index contributed by atoms with van der Waals surface area (Å²) < 4.78 is 35.5. The number of amides is 2. The minimum absolute atomic E-state index is 0.00312. The molecule has 2 amide bonds. The number of anilines is 1. The average molecular weight is 608 g/mol. The Hall–Kier alpha value is -4.38. The van der Waals surface area contributed by atoms with Gasteiger partial charge in [0.05, 0.1) is 11.3 Å². The van der Waals surface area contributed by atoms with E-state index >= 15 is 0 Å². The van der Waals surface area contributed by atoms with Crippen molar-refractivity contribution in [1.82, 2.24) is 9.47 Å². The van der Waals surface area contributed by atoms with Crippen LogP contribution in [-0.2, 0) is 9.53 Å². The largest absolute Gasteiger partial charge is 0.444 e. The number of hydrogen-bond acceptors (Lipinski definition) is 6. The number of likely N-dealkylation sites (tertiary alicyclic amines) is 1. The number of ether oxygens (including phenoxy) is 1. The molecule has 2 aromatic carbocycles. The van der Waals surface area contributed by atoms with Crippen molar-refractivity contribution in [2.24, 2.45) is 5.92 Å². The standard InChI is InChI=1S/C32H31F2N3O5S/c1-18-17-20(9-11-22(18)33)27(39)26-21-10-12-25(38)37(24-8-6-5-7-23(24)34)30(21)43-29(26)35-28(40)19-13-15-36(16-14-19)31(41)42-32(2,3)4/h5-12,17,19H,13-16H2,1-4H3,(H,35,40). The number of ketones is 1. The maximum atomic E-state index is 14.9. The van der Waals surface area contributed by atoms with E-state index in [2.05, 4.69) is 5.32 Å². The predicted octanol–water partition coefficient (Wildman–Crippen LogP) is 6.46. The van der Waals surface area contributed by atoms with Crippen molar-refractivity contribution in [3.63, 3.8) is 0 Å². The third kappa shape index (κ3) is 6.22. The molecule has 1 fully saturated rings. The van der Waals surface area contributed by atoms with Gasteiger partial charge in [0.15, 0.2) is 5.78 Å². The summed E-state index contributed by atoms with van der Waals surface area (Å²) in [6.45, 7) is 7.55. The highest BCUT2D eigenvalue weighted by Crippen LogP contribution is 2.38. The number of pyridine rings is 1. The first-order chi connectivity index (χ1) is 20.3. The zero-order valence-corrected chi connectivity index (χ0v) is 25.0. The van der Waals surface area contributed by atoms with Gasteiger partial charge in [0.25, 0.3) is 5.56 Å². The van der Waals surface area contributed by atoms with Crippen molar-refractivity contribution in [3.05, 3.63) is 93.3 Å². The lowest BCUT2D eigenvalue weighted by Crippen LogP contribution is -2.43. The number of nitrogens with one attached hydrogen (secondary N) is 1. The Morgan fingerprint density at radius 1 is 0.977 bits per heavy atom. The van der Waals surface area contributed by atoms with E-state index in [1.807, 2.05) is 0 Å². The Morgan fingerprint density at radius 3 is 2.33 bits per heavy atom. The number of aryl methyl sites for hydroxylation is 1. The minimum atomic E-state index is -0.637. The normalized spacial score (nSPS) is 14.1. The number of aromatic nitrogens is 1. The van der Waals surface area contributed by atoms with E-state index in [0.29, 0.717) is 31.3 Å². The second kappa shape index (κ2) is 11.7. The van der Waals surface area contributed by atoms with Gasteiger partial charge in [0.2, 0.25) is 5.91 Å². The summed E-state index contributed by atoms with van der Waals surface area (Å²) in [4.78, 5) is 54.7. The molecule has 1 aliphatic rings. The second-order valence-corrected chi connectivity index (χ2v) is 12.5. The Labute approximate surface area is 250 Å². The van der Waals surface area contributed by atoms with Gasteiger partial charge in [0, 0.05) is 36.0 Å². The van der Waals surface area contributed by atoms with Gasteiger partial charge in [-0.3, -0.25) is 19.0 Å². The summed E-state index contributed by atoms with van der Waals surface area (Å²) in [5, 5.41) is 3.42. The molecule has 8 nitrogen and oxygen atoms in total. The van der Waals surface area contributed by atoms with Crippen molar-refractivity contribution in [2.75, 3.05) is 18.4 Å². The minimum Gasteiger partial charge on any atom is -0.444 e. The Morgan fingerprint density at radius 2 is 1.67 bits per heavy atom. The Balaban J connectivity index is 1.52. The molecule has 0 saturated carbocycles. The van der Waals surface area contributed by atoms with E-state index in [-0.39, 0.29) is 38.1 Å². The molecule has 0 spiro atoms. The topological polar surface area (TPSA) is 97.7 Å². The van der Waals surface area contributed by atoms with Gasteiger partial charge in [-0.15, -0.1) is 0 Å². The average Bonchev–Trinajstić information content (AvgIpc) is 3.31. The monoisotopic (exact) mass is 607 g/mol. The molecule has 5 rings (SSSR count). The van der Waals surface area contributed by atoms with Crippen LogP contribution >= 0.6 is 11.3 Å². The van der Waals surface area contributed by atoms with Gasteiger partial charge in [-0.05, 0) is 82.5 Å². The molecule has 0 atom stereocenters. The van der Waals surface area contributed by atoms with Crippen molar-refractivity contribution in [2.45, 2.75) is 46.1 Å². The fraction of sp³-hybridized carbons (Fsp3) is 0.312. The highest BCUT2D eigenvalue weighted by molar-refractivity contribution is 7.23. The third-order valence-corrected chi connectivity index (χ3v) is 8.34. The lowest BCUT2D eigenvalue weighted by atomic mass is 9.96. The molecule has 0 bridgehead atoms. The highest BCUT2D eigenvalue weighted by Gasteiger charge is 2.32. The smallest absolute Gasteiger partial charge is 0.410 e. The molecule has 1 aliphatic heterocycles. The van der Waals surface area contributed by atoms with Crippen LogP contribution in [0.4, 0.5) is 18.6 Å². The predicted molar refractivity (Wildman–Crippen MR) is 161 cm³/mol. The van der Waals surface area contributed by atoms with E-state index in [1.54, 1.807) is 38.7 Å². The number of thiophene rings is 1. The fourth-order valence-corrected chi connectivity index (χ4v) is 6.26. The zero-order chi connectivity index (χ0) is 31.1. The van der Waals surface area contributed by atoms with Gasteiger partial charge in [-0.2, -0.15) is 0 Å². The third-order valence-electron chi connectivity index (χ3n) is 7.24. The number of carbonyl (C=O) groups is 3. The molecule has 1 N–H and O–H groups in total. The number of rotatable bonds is 5. The van der Waals surface area contributed by atoms with E-state index in [1.165, 1.54) is 53.1 Å². The van der Waals surface area contributed by atoms with Crippen LogP contribution in [-0.4, -0.2) is 45.9 Å². The number of fused-ring (bicyclic) bond motifs is 1. The fourth-order valence-electron chi connectivity index (χ4n) is 5.05. The number of piperidine rings is 1. The lowest BCUT2D eigenvalue weighted by molar-refractivity contribution is -0.121. The Bertz CT molecular complexity index is 1800. The maximum Gasteiger partial charge on any atom is 0.410 e. The molecule has 0 aliphatic carbocycles. The van der Waals surface area contributed by atoms with Crippen LogP contribution in [0.2, 0.25) is 0 Å². The molecule has 1 saturated heterocycles. The summed E-state index contributed by atoms with van der Waals surface area (Å²) >= 11 is 0.988. The summed E-state index contributed by atoms with van der Waals surface area (Å²) in [6, 6.07) is 12.5. The van der Waals surface area contributed by atoms with Crippen LogP contribution < -0.4 is 10.9 Å². The SMILES string of the molecule is Cc1cc(C(=O)c2c(NC(=O)C3CCN(C(=O)OC(C)(C)C)CC3)sc3c2ccc(=O)n3-c2ccccc2F)ccc1F. The van der Waals surface area contributed by atoms with Crippen LogP contribution in [0.1, 0.15) is 55.1 Å². The van der Waals surface area contributed by atoms with Gasteiger partial charge in [-0.25, -0.2) is 13.6 Å². The van der Waals surface area contributed by atoms with Gasteiger partial charge in [-0.1, -0.05) is 23.5 Å². The first-order valence-corrected chi connectivity index (χ1v) is 14.7. The molecule has 43 heavy (non-hydrogen) atoms. The molecule has 0 radical (unpaired) electrons. The molecular formula is C32H31F2N3O5S. The molecule has 0 unspecified atom stereocenters. The summed E-state index contributed by atoms with van der Waals surface area (Å²) in [6.07, 6.45) is 0.330. The van der Waals surface area contributed by atoms with Crippen molar-refractivity contribution in [3.8, 4) is 5.69 Å². The first-order valence-electron chi connectivity index (χ1n) is 13.9. The van der Waals surface area contributed by atoms with Crippen LogP contribution in [0.15, 0.2) is 59.4 Å². The number of benzene rings is 2.